The standard InChI is InChI=1S/C19H23N5O2/c1-13-6-8-14(9-7-13)12-24-15-16(22(2)19(26)21-17(15)25)20-18(24)23-10-4-3-5-11-23/h6-9H,3-5,10-12H2,1-2H3,(H,21,25,26). The van der Waals surface area contributed by atoms with Crippen LogP contribution in [0.15, 0.2) is 33.9 Å². The monoisotopic (exact) mass is 353 g/mol. The Morgan fingerprint density at radius 3 is 2.46 bits per heavy atom. The maximum Gasteiger partial charge on any atom is 0.329 e. The van der Waals surface area contributed by atoms with Gasteiger partial charge in [-0.05, 0) is 31.7 Å². The second-order valence-corrected chi connectivity index (χ2v) is 7.02. The maximum atomic E-state index is 12.6. The number of aromatic amines is 1. The van der Waals surface area contributed by atoms with Gasteiger partial charge < -0.3 is 4.90 Å². The van der Waals surface area contributed by atoms with Gasteiger partial charge in [0.25, 0.3) is 5.56 Å². The van der Waals surface area contributed by atoms with Crippen molar-refractivity contribution in [1.82, 2.24) is 19.1 Å². The van der Waals surface area contributed by atoms with E-state index in [0.29, 0.717) is 17.7 Å². The first-order valence-corrected chi connectivity index (χ1v) is 9.04. The van der Waals surface area contributed by atoms with E-state index in [0.717, 1.165) is 37.4 Å². The lowest BCUT2D eigenvalue weighted by Crippen LogP contribution is -2.32. The molecule has 0 saturated carbocycles. The van der Waals surface area contributed by atoms with Crippen molar-refractivity contribution in [3.05, 3.63) is 56.2 Å². The number of nitrogens with zero attached hydrogens (tertiary/aromatic N) is 4. The Morgan fingerprint density at radius 2 is 1.77 bits per heavy atom. The van der Waals surface area contributed by atoms with Gasteiger partial charge in [0.1, 0.15) is 0 Å². The first-order chi connectivity index (χ1) is 12.5. The summed E-state index contributed by atoms with van der Waals surface area (Å²) in [7, 11) is 1.64. The van der Waals surface area contributed by atoms with E-state index in [9.17, 15) is 9.59 Å². The van der Waals surface area contributed by atoms with E-state index in [1.807, 2.05) is 4.57 Å². The van der Waals surface area contributed by atoms with Gasteiger partial charge in [0.05, 0.1) is 6.54 Å². The summed E-state index contributed by atoms with van der Waals surface area (Å²) in [6.07, 6.45) is 3.44. The molecule has 3 heterocycles. The minimum atomic E-state index is -0.437. The molecular weight excluding hydrogens is 330 g/mol. The van der Waals surface area contributed by atoms with E-state index in [4.69, 9.17) is 4.98 Å². The second-order valence-electron chi connectivity index (χ2n) is 7.02. The molecule has 1 fully saturated rings. The van der Waals surface area contributed by atoms with Crippen LogP contribution in [0.3, 0.4) is 0 Å². The van der Waals surface area contributed by atoms with Crippen LogP contribution >= 0.6 is 0 Å². The van der Waals surface area contributed by atoms with Crippen molar-refractivity contribution in [1.29, 1.82) is 0 Å². The molecule has 1 saturated heterocycles. The van der Waals surface area contributed by atoms with Crippen molar-refractivity contribution < 1.29 is 0 Å². The zero-order valence-electron chi connectivity index (χ0n) is 15.2. The Kier molecular flexibility index (Phi) is 4.14. The molecule has 0 aliphatic carbocycles. The SMILES string of the molecule is Cc1ccc(Cn2c(N3CCCCC3)nc3c2c(=O)[nH]c(=O)n3C)cc1. The Bertz CT molecular complexity index is 1050. The van der Waals surface area contributed by atoms with E-state index >= 15 is 0 Å². The Morgan fingerprint density at radius 1 is 1.08 bits per heavy atom. The van der Waals surface area contributed by atoms with Gasteiger partial charge in [-0.2, -0.15) is 4.98 Å². The highest BCUT2D eigenvalue weighted by molar-refractivity contribution is 5.74. The summed E-state index contributed by atoms with van der Waals surface area (Å²) in [5.41, 5.74) is 2.36. The lowest BCUT2D eigenvalue weighted by molar-refractivity contribution is 0.560. The topological polar surface area (TPSA) is 75.9 Å². The molecular formula is C19H23N5O2. The van der Waals surface area contributed by atoms with E-state index in [1.54, 1.807) is 7.05 Å². The third-order valence-corrected chi connectivity index (χ3v) is 5.09. The molecule has 1 aliphatic rings. The molecule has 2 aromatic heterocycles. The third-order valence-electron chi connectivity index (χ3n) is 5.09. The van der Waals surface area contributed by atoms with Crippen molar-refractivity contribution in [3.63, 3.8) is 0 Å². The smallest absolute Gasteiger partial charge is 0.329 e. The number of hydrogen-bond acceptors (Lipinski definition) is 4. The Hall–Kier alpha value is -2.83. The number of aryl methyl sites for hydroxylation is 2. The molecule has 136 valence electrons. The Balaban J connectivity index is 1.91. The maximum absolute atomic E-state index is 12.6. The molecule has 26 heavy (non-hydrogen) atoms. The fraction of sp³-hybridized carbons (Fsp3) is 0.421. The van der Waals surface area contributed by atoms with Crippen LogP contribution in [-0.2, 0) is 13.6 Å². The molecule has 0 bridgehead atoms. The summed E-state index contributed by atoms with van der Waals surface area (Å²) in [5.74, 6) is 0.770. The van der Waals surface area contributed by atoms with Crippen LogP contribution in [0.4, 0.5) is 5.95 Å². The van der Waals surface area contributed by atoms with Crippen molar-refractivity contribution >= 4 is 17.1 Å². The number of fused-ring (bicyclic) bond motifs is 1. The largest absolute Gasteiger partial charge is 0.342 e. The van der Waals surface area contributed by atoms with Crippen molar-refractivity contribution in [2.75, 3.05) is 18.0 Å². The van der Waals surface area contributed by atoms with Crippen LogP contribution < -0.4 is 16.1 Å². The van der Waals surface area contributed by atoms with Crippen LogP contribution in [-0.4, -0.2) is 32.2 Å². The van der Waals surface area contributed by atoms with E-state index in [-0.39, 0.29) is 5.56 Å². The number of benzene rings is 1. The zero-order valence-corrected chi connectivity index (χ0v) is 15.2. The first kappa shape index (κ1) is 16.6. The quantitative estimate of drug-likeness (QED) is 0.779. The highest BCUT2D eigenvalue weighted by atomic mass is 16.2. The van der Waals surface area contributed by atoms with Gasteiger partial charge >= 0.3 is 5.69 Å². The van der Waals surface area contributed by atoms with E-state index < -0.39 is 5.69 Å². The lowest BCUT2D eigenvalue weighted by atomic mass is 10.1. The molecule has 1 aromatic carbocycles. The van der Waals surface area contributed by atoms with Gasteiger partial charge in [0.15, 0.2) is 11.2 Å². The van der Waals surface area contributed by atoms with Gasteiger partial charge in [-0.25, -0.2) is 4.79 Å². The molecule has 0 atom stereocenters. The summed E-state index contributed by atoms with van der Waals surface area (Å²) in [4.78, 5) is 33.9. The normalized spacial score (nSPS) is 14.9. The van der Waals surface area contributed by atoms with Gasteiger partial charge in [0, 0.05) is 20.1 Å². The molecule has 7 nitrogen and oxygen atoms in total. The average molecular weight is 353 g/mol. The molecule has 4 rings (SSSR count). The zero-order chi connectivity index (χ0) is 18.3. The number of H-pyrrole nitrogens is 1. The fourth-order valence-corrected chi connectivity index (χ4v) is 3.58. The minimum Gasteiger partial charge on any atom is -0.342 e. The van der Waals surface area contributed by atoms with Crippen LogP contribution in [0.2, 0.25) is 0 Å². The molecule has 0 spiro atoms. The molecule has 1 aliphatic heterocycles. The van der Waals surface area contributed by atoms with Gasteiger partial charge in [-0.1, -0.05) is 29.8 Å². The minimum absolute atomic E-state index is 0.383. The lowest BCUT2D eigenvalue weighted by Gasteiger charge is -2.28. The number of hydrogen-bond donors (Lipinski definition) is 1. The van der Waals surface area contributed by atoms with Crippen molar-refractivity contribution in [3.8, 4) is 0 Å². The molecule has 3 aromatic rings. The highest BCUT2D eigenvalue weighted by Crippen LogP contribution is 2.24. The number of imidazole rings is 1. The van der Waals surface area contributed by atoms with Crippen molar-refractivity contribution in [2.45, 2.75) is 32.7 Å². The summed E-state index contributed by atoms with van der Waals surface area (Å²) in [6, 6.07) is 8.26. The van der Waals surface area contributed by atoms with Crippen LogP contribution in [0.5, 0.6) is 0 Å². The molecule has 1 N–H and O–H groups in total. The number of aromatic nitrogens is 4. The summed E-state index contributed by atoms with van der Waals surface area (Å²) in [5, 5.41) is 0. The number of anilines is 1. The molecule has 0 amide bonds. The number of rotatable bonds is 3. The Labute approximate surface area is 150 Å². The highest BCUT2D eigenvalue weighted by Gasteiger charge is 2.22. The van der Waals surface area contributed by atoms with Crippen LogP contribution in [0.1, 0.15) is 30.4 Å². The summed E-state index contributed by atoms with van der Waals surface area (Å²) >= 11 is 0. The second kappa shape index (κ2) is 6.48. The summed E-state index contributed by atoms with van der Waals surface area (Å²) in [6.45, 7) is 4.44. The first-order valence-electron chi connectivity index (χ1n) is 9.04. The molecule has 0 radical (unpaired) electrons. The van der Waals surface area contributed by atoms with Crippen molar-refractivity contribution in [2.24, 2.45) is 7.05 Å². The van der Waals surface area contributed by atoms with E-state index in [2.05, 4.69) is 41.1 Å². The van der Waals surface area contributed by atoms with Crippen LogP contribution in [0, 0.1) is 6.92 Å². The summed E-state index contributed by atoms with van der Waals surface area (Å²) < 4.78 is 3.36. The predicted molar refractivity (Wildman–Crippen MR) is 102 cm³/mol. The molecule has 7 heteroatoms. The molecule has 0 unspecified atom stereocenters. The fourth-order valence-electron chi connectivity index (χ4n) is 3.58. The van der Waals surface area contributed by atoms with E-state index in [1.165, 1.54) is 16.6 Å². The predicted octanol–water partition coefficient (Wildman–Crippen LogP) is 1.77. The number of nitrogens with one attached hydrogen (secondary N) is 1. The third kappa shape index (κ3) is 2.83. The van der Waals surface area contributed by atoms with Gasteiger partial charge in [-0.15, -0.1) is 0 Å². The van der Waals surface area contributed by atoms with Gasteiger partial charge in [-0.3, -0.25) is 18.9 Å². The number of piperidine rings is 1. The van der Waals surface area contributed by atoms with Crippen LogP contribution in [0.25, 0.3) is 11.2 Å². The van der Waals surface area contributed by atoms with Gasteiger partial charge in [0.2, 0.25) is 5.95 Å². The average Bonchev–Trinajstić information content (AvgIpc) is 3.02.